The van der Waals surface area contributed by atoms with Crippen molar-refractivity contribution in [1.82, 2.24) is 9.21 Å². The molecule has 1 aromatic rings. The molecule has 0 radical (unpaired) electrons. The lowest BCUT2D eigenvalue weighted by Crippen LogP contribution is -2.40. The third kappa shape index (κ3) is 4.50. The summed E-state index contributed by atoms with van der Waals surface area (Å²) in [5, 5.41) is 11.2. The van der Waals surface area contributed by atoms with Gasteiger partial charge in [0.25, 0.3) is 5.69 Å². The summed E-state index contributed by atoms with van der Waals surface area (Å²) in [6.45, 7) is 7.48. The fourth-order valence-corrected chi connectivity index (χ4v) is 5.86. The van der Waals surface area contributed by atoms with Gasteiger partial charge in [-0.05, 0) is 70.6 Å². The van der Waals surface area contributed by atoms with Crippen molar-refractivity contribution in [2.24, 2.45) is 5.92 Å². The van der Waals surface area contributed by atoms with E-state index in [0.717, 1.165) is 44.8 Å². The molecule has 0 aliphatic carbocycles. The van der Waals surface area contributed by atoms with Crippen molar-refractivity contribution < 1.29 is 13.3 Å². The Morgan fingerprint density at radius 3 is 2.56 bits per heavy atom. The fraction of sp³-hybridized carbons (Fsp3) is 0.684. The van der Waals surface area contributed by atoms with E-state index in [-0.39, 0.29) is 16.6 Å². The van der Waals surface area contributed by atoms with Crippen LogP contribution in [0.4, 0.5) is 5.69 Å². The summed E-state index contributed by atoms with van der Waals surface area (Å²) in [6, 6.07) is 4.19. The monoisotopic (exact) mass is 395 g/mol. The van der Waals surface area contributed by atoms with E-state index in [1.807, 2.05) is 0 Å². The number of rotatable bonds is 6. The molecule has 0 N–H and O–H groups in total. The summed E-state index contributed by atoms with van der Waals surface area (Å²) < 4.78 is 27.8. The van der Waals surface area contributed by atoms with Crippen molar-refractivity contribution in [2.75, 3.05) is 26.2 Å². The topological polar surface area (TPSA) is 83.8 Å². The molecule has 2 fully saturated rings. The third-order valence-corrected chi connectivity index (χ3v) is 7.91. The van der Waals surface area contributed by atoms with Crippen LogP contribution in [0.15, 0.2) is 23.1 Å². The number of nitro benzene ring substituents is 1. The van der Waals surface area contributed by atoms with Gasteiger partial charge in [-0.15, -0.1) is 0 Å². The van der Waals surface area contributed by atoms with Crippen LogP contribution in [0.5, 0.6) is 0 Å². The molecule has 27 heavy (non-hydrogen) atoms. The number of sulfonamides is 1. The van der Waals surface area contributed by atoms with Crippen LogP contribution in [-0.4, -0.2) is 54.8 Å². The maximum absolute atomic E-state index is 13.1. The van der Waals surface area contributed by atoms with Gasteiger partial charge in [0, 0.05) is 24.2 Å². The number of hydrogen-bond acceptors (Lipinski definition) is 5. The first-order valence-electron chi connectivity index (χ1n) is 9.78. The standard InChI is InChI=1S/C19H29N3O4S/c1-15-7-11-20(12-8-15)13-9-17-4-3-10-21(17)27(25,26)18-6-5-16(2)19(14-18)22(23)24/h5-6,14-15,17H,3-4,7-13H2,1-2H3/t17-/m1/s1. The molecule has 0 unspecified atom stereocenters. The zero-order valence-corrected chi connectivity index (χ0v) is 17.0. The van der Waals surface area contributed by atoms with Crippen molar-refractivity contribution in [3.63, 3.8) is 0 Å². The van der Waals surface area contributed by atoms with Crippen molar-refractivity contribution in [1.29, 1.82) is 0 Å². The van der Waals surface area contributed by atoms with Gasteiger partial charge in [0.15, 0.2) is 0 Å². The highest BCUT2D eigenvalue weighted by atomic mass is 32.2. The van der Waals surface area contributed by atoms with Crippen molar-refractivity contribution in [2.45, 2.75) is 56.9 Å². The van der Waals surface area contributed by atoms with E-state index < -0.39 is 14.9 Å². The number of nitrogens with zero attached hydrogens (tertiary/aromatic N) is 3. The number of piperidine rings is 1. The molecule has 1 atom stereocenters. The lowest BCUT2D eigenvalue weighted by atomic mass is 9.99. The number of nitro groups is 1. The molecule has 1 aromatic carbocycles. The maximum atomic E-state index is 13.1. The number of aryl methyl sites for hydroxylation is 1. The van der Waals surface area contributed by atoms with E-state index in [9.17, 15) is 18.5 Å². The first-order valence-corrected chi connectivity index (χ1v) is 11.2. The normalized spacial score (nSPS) is 23.0. The largest absolute Gasteiger partial charge is 0.303 e. The molecule has 2 aliphatic rings. The quantitative estimate of drug-likeness (QED) is 0.546. The first-order chi connectivity index (χ1) is 12.8. The van der Waals surface area contributed by atoms with Gasteiger partial charge in [-0.2, -0.15) is 4.31 Å². The zero-order valence-electron chi connectivity index (χ0n) is 16.1. The van der Waals surface area contributed by atoms with E-state index in [1.165, 1.54) is 31.0 Å². The predicted molar refractivity (Wildman–Crippen MR) is 104 cm³/mol. The summed E-state index contributed by atoms with van der Waals surface area (Å²) in [5.41, 5.74) is 0.325. The van der Waals surface area contributed by atoms with Gasteiger partial charge < -0.3 is 4.90 Å². The third-order valence-electron chi connectivity index (χ3n) is 5.96. The lowest BCUT2D eigenvalue weighted by molar-refractivity contribution is -0.385. The first kappa shape index (κ1) is 20.2. The molecule has 0 bridgehead atoms. The molecule has 150 valence electrons. The van der Waals surface area contributed by atoms with Gasteiger partial charge in [0.05, 0.1) is 9.82 Å². The molecule has 0 aromatic heterocycles. The second kappa shape index (κ2) is 8.24. The van der Waals surface area contributed by atoms with Gasteiger partial charge in [-0.25, -0.2) is 8.42 Å². The van der Waals surface area contributed by atoms with Crippen molar-refractivity contribution in [3.8, 4) is 0 Å². The SMILES string of the molecule is Cc1ccc(S(=O)(=O)N2CCC[C@@H]2CCN2CCC(C)CC2)cc1[N+](=O)[O-]. The molecule has 7 nitrogen and oxygen atoms in total. The van der Waals surface area contributed by atoms with Gasteiger partial charge in [0.1, 0.15) is 0 Å². The number of hydrogen-bond donors (Lipinski definition) is 0. The second-order valence-corrected chi connectivity index (χ2v) is 9.82. The summed E-state index contributed by atoms with van der Waals surface area (Å²) in [4.78, 5) is 13.1. The molecule has 0 amide bonds. The minimum atomic E-state index is -3.71. The lowest BCUT2D eigenvalue weighted by Gasteiger charge is -2.32. The Kier molecular flexibility index (Phi) is 6.18. The summed E-state index contributed by atoms with van der Waals surface area (Å²) >= 11 is 0. The highest BCUT2D eigenvalue weighted by molar-refractivity contribution is 7.89. The molecule has 0 spiro atoms. The van der Waals surface area contributed by atoms with Crippen molar-refractivity contribution >= 4 is 15.7 Å². The van der Waals surface area contributed by atoms with E-state index in [1.54, 1.807) is 11.2 Å². The summed E-state index contributed by atoms with van der Waals surface area (Å²) in [5.74, 6) is 0.780. The minimum absolute atomic E-state index is 0.0188. The zero-order chi connectivity index (χ0) is 19.6. The summed E-state index contributed by atoms with van der Waals surface area (Å²) in [7, 11) is -3.71. The van der Waals surface area contributed by atoms with Crippen LogP contribution in [0.1, 0.15) is 44.6 Å². The highest BCUT2D eigenvalue weighted by Gasteiger charge is 2.36. The Bertz CT molecular complexity index is 788. The molecular formula is C19H29N3O4S. The van der Waals surface area contributed by atoms with Crippen LogP contribution in [0.25, 0.3) is 0 Å². The highest BCUT2D eigenvalue weighted by Crippen LogP contribution is 2.31. The molecule has 2 saturated heterocycles. The number of benzene rings is 1. The average molecular weight is 396 g/mol. The second-order valence-electron chi connectivity index (χ2n) is 7.93. The van der Waals surface area contributed by atoms with Crippen molar-refractivity contribution in [3.05, 3.63) is 33.9 Å². The Hall–Kier alpha value is -1.51. The van der Waals surface area contributed by atoms with E-state index in [2.05, 4.69) is 11.8 Å². The molecule has 3 rings (SSSR count). The Labute approximate surface area is 161 Å². The minimum Gasteiger partial charge on any atom is -0.303 e. The van der Waals surface area contributed by atoms with Crippen LogP contribution in [0, 0.1) is 23.0 Å². The molecule has 0 saturated carbocycles. The Morgan fingerprint density at radius 2 is 1.89 bits per heavy atom. The van der Waals surface area contributed by atoms with Gasteiger partial charge in [0.2, 0.25) is 10.0 Å². The smallest absolute Gasteiger partial charge is 0.273 e. The van der Waals surface area contributed by atoms with Crippen LogP contribution in [-0.2, 0) is 10.0 Å². The Morgan fingerprint density at radius 1 is 1.19 bits per heavy atom. The molecule has 2 aliphatic heterocycles. The van der Waals surface area contributed by atoms with Gasteiger partial charge in [-0.1, -0.05) is 13.0 Å². The predicted octanol–water partition coefficient (Wildman–Crippen LogP) is 3.18. The van der Waals surface area contributed by atoms with E-state index >= 15 is 0 Å². The van der Waals surface area contributed by atoms with Crippen LogP contribution in [0.3, 0.4) is 0 Å². The van der Waals surface area contributed by atoms with Crippen LogP contribution in [0.2, 0.25) is 0 Å². The maximum Gasteiger partial charge on any atom is 0.273 e. The van der Waals surface area contributed by atoms with Crippen LogP contribution >= 0.6 is 0 Å². The van der Waals surface area contributed by atoms with Crippen LogP contribution < -0.4 is 0 Å². The van der Waals surface area contributed by atoms with Gasteiger partial charge in [-0.3, -0.25) is 10.1 Å². The molecule has 2 heterocycles. The molecule has 8 heteroatoms. The fourth-order valence-electron chi connectivity index (χ4n) is 4.11. The molecular weight excluding hydrogens is 366 g/mol. The number of likely N-dealkylation sites (tertiary alicyclic amines) is 1. The Balaban J connectivity index is 1.71. The van der Waals surface area contributed by atoms with E-state index in [0.29, 0.717) is 12.1 Å². The average Bonchev–Trinajstić information content (AvgIpc) is 3.10. The van der Waals surface area contributed by atoms with Gasteiger partial charge >= 0.3 is 0 Å². The summed E-state index contributed by atoms with van der Waals surface area (Å²) in [6.07, 6.45) is 4.94. The van der Waals surface area contributed by atoms with E-state index in [4.69, 9.17) is 0 Å².